The predicted octanol–water partition coefficient (Wildman–Crippen LogP) is 31.4. The molecule has 0 radical (unpaired) electrons. The van der Waals surface area contributed by atoms with E-state index in [1.54, 1.807) is 0 Å². The maximum Gasteiger partial charge on any atom is 0.140 e. The first kappa shape index (κ1) is 80.7. The van der Waals surface area contributed by atoms with Gasteiger partial charge in [0.25, 0.3) is 0 Å². The van der Waals surface area contributed by atoms with Gasteiger partial charge in [0.05, 0.1) is 101 Å². The maximum absolute atomic E-state index is 10.0. The van der Waals surface area contributed by atoms with Crippen LogP contribution in [0, 0.1) is 34.0 Å². The second kappa shape index (κ2) is 33.8. The monoisotopic (exact) mass is 1760 g/mol. The fraction of sp³-hybridized carbons (Fsp3) is 0. The van der Waals surface area contributed by atoms with E-state index in [4.69, 9.17) is 15.0 Å². The van der Waals surface area contributed by atoms with Crippen LogP contribution >= 0.6 is 0 Å². The van der Waals surface area contributed by atoms with Gasteiger partial charge >= 0.3 is 0 Å². The normalized spacial score (nSPS) is 11.5. The van der Waals surface area contributed by atoms with E-state index in [0.717, 1.165) is 168 Å². The van der Waals surface area contributed by atoms with Crippen LogP contribution in [0.2, 0.25) is 0 Å². The van der Waals surface area contributed by atoms with Crippen LogP contribution < -0.4 is 0 Å². The highest BCUT2D eigenvalue weighted by Crippen LogP contribution is 2.46. The van der Waals surface area contributed by atoms with Crippen molar-refractivity contribution in [1.82, 2.24) is 42.4 Å². The van der Waals surface area contributed by atoms with E-state index in [2.05, 4.69) is 446 Å². The quantitative estimate of drug-likeness (QED) is 0.119. The molecule has 0 atom stereocenters. The van der Waals surface area contributed by atoms with Gasteiger partial charge in [-0.25, -0.2) is 15.0 Å². The SMILES string of the molecule is N#Cc1ccc(-c2ccccc2-c2cc(-n3c4ccccc4c4ccccc43)nc(-n3c4ccccc4c4ccccc43)c2)cc1.N#Cc1cccc(-c2ccccc2-c2cc(-n3c4ccccc4c4ccccc43)nc(-n3c4ccccc4c4ccccc43)c2)c1.N#Cc1ccccc1-c1ccccc1-c1cc(-n2c3ccccc3c3ccccc32)nc(-n2c3ccccc3c3ccccc32)c1. The maximum atomic E-state index is 10.0. The van der Waals surface area contributed by atoms with Gasteiger partial charge in [-0.2, -0.15) is 15.8 Å². The molecular weight excluding hydrogens is 1680 g/mol. The van der Waals surface area contributed by atoms with Crippen LogP contribution in [0.5, 0.6) is 0 Å². The predicted molar refractivity (Wildman–Crippen MR) is 566 cm³/mol. The summed E-state index contributed by atoms with van der Waals surface area (Å²) in [6.45, 7) is 0. The molecule has 0 amide bonds. The molecule has 0 aliphatic rings. The number of fused-ring (bicyclic) bond motifs is 18. The first-order chi connectivity index (χ1) is 68.4. The van der Waals surface area contributed by atoms with Crippen molar-refractivity contribution in [1.29, 1.82) is 15.8 Å². The summed E-state index contributed by atoms with van der Waals surface area (Å²) in [6.07, 6.45) is 0. The summed E-state index contributed by atoms with van der Waals surface area (Å²) in [6, 6.07) is 171. The molecule has 0 unspecified atom stereocenters. The van der Waals surface area contributed by atoms with E-state index in [1.165, 1.54) is 64.6 Å². The first-order valence-corrected chi connectivity index (χ1v) is 46.1. The molecule has 0 fully saturated rings. The third kappa shape index (κ3) is 13.6. The molecule has 0 saturated heterocycles. The number of rotatable bonds is 12. The summed E-state index contributed by atoms with van der Waals surface area (Å²) in [5.41, 5.74) is 27.7. The van der Waals surface area contributed by atoms with Crippen LogP contribution in [0.15, 0.2) is 473 Å². The smallest absolute Gasteiger partial charge is 0.140 e. The topological polar surface area (TPSA) is 140 Å². The van der Waals surface area contributed by atoms with Crippen molar-refractivity contribution in [2.45, 2.75) is 0 Å². The number of benzene rings is 18. The number of aromatic nitrogens is 9. The number of para-hydroxylation sites is 12. The van der Waals surface area contributed by atoms with Crippen molar-refractivity contribution in [2.75, 3.05) is 0 Å². The second-order valence-electron chi connectivity index (χ2n) is 34.6. The van der Waals surface area contributed by atoms with Crippen LogP contribution in [0.25, 0.3) is 233 Å². The highest BCUT2D eigenvalue weighted by Gasteiger charge is 2.26. The Labute approximate surface area is 793 Å². The Kier molecular flexibility index (Phi) is 19.8. The van der Waals surface area contributed by atoms with Crippen molar-refractivity contribution >= 4 is 131 Å². The fourth-order valence-corrected chi connectivity index (χ4v) is 20.9. The molecule has 0 spiro atoms. The highest BCUT2D eigenvalue weighted by molar-refractivity contribution is 6.15. The summed E-state index contributed by atoms with van der Waals surface area (Å²) in [5.74, 6) is 5.03. The van der Waals surface area contributed by atoms with E-state index in [-0.39, 0.29) is 0 Å². The lowest BCUT2D eigenvalue weighted by Crippen LogP contribution is -2.04. The number of hydrogen-bond acceptors (Lipinski definition) is 6. The molecule has 0 bridgehead atoms. The minimum Gasteiger partial charge on any atom is -0.294 e. The third-order valence-corrected chi connectivity index (χ3v) is 26.9. The molecule has 12 heteroatoms. The van der Waals surface area contributed by atoms with Crippen LogP contribution in [0.1, 0.15) is 16.7 Å². The largest absolute Gasteiger partial charge is 0.294 e. The lowest BCUT2D eigenvalue weighted by atomic mass is 9.92. The summed E-state index contributed by atoms with van der Waals surface area (Å²) in [7, 11) is 0. The minimum atomic E-state index is 0.638. The molecule has 642 valence electrons. The first-order valence-electron chi connectivity index (χ1n) is 46.1. The van der Waals surface area contributed by atoms with Crippen LogP contribution in [-0.4, -0.2) is 42.4 Å². The van der Waals surface area contributed by atoms with Crippen molar-refractivity contribution in [3.63, 3.8) is 0 Å². The summed E-state index contributed by atoms with van der Waals surface area (Å²) >= 11 is 0. The Morgan fingerprint density at radius 3 is 0.594 bits per heavy atom. The van der Waals surface area contributed by atoms with Crippen molar-refractivity contribution < 1.29 is 0 Å². The van der Waals surface area contributed by atoms with Crippen molar-refractivity contribution in [3.05, 3.63) is 490 Å². The van der Waals surface area contributed by atoms with Gasteiger partial charge in [0, 0.05) is 70.2 Å². The van der Waals surface area contributed by atoms with Gasteiger partial charge in [-0.3, -0.25) is 27.4 Å². The Balaban J connectivity index is 0.000000110. The van der Waals surface area contributed by atoms with Gasteiger partial charge in [0.15, 0.2) is 0 Å². The summed E-state index contributed by atoms with van der Waals surface area (Å²) < 4.78 is 13.7. The molecule has 27 rings (SSSR count). The van der Waals surface area contributed by atoms with Gasteiger partial charge in [-0.15, -0.1) is 0 Å². The van der Waals surface area contributed by atoms with Gasteiger partial charge in [0.2, 0.25) is 0 Å². The average molecular weight is 1760 g/mol. The van der Waals surface area contributed by atoms with Crippen molar-refractivity contribution in [3.8, 4) is 120 Å². The lowest BCUT2D eigenvalue weighted by Gasteiger charge is -2.17. The zero-order valence-electron chi connectivity index (χ0n) is 74.4. The van der Waals surface area contributed by atoms with E-state index < -0.39 is 0 Å². The summed E-state index contributed by atoms with van der Waals surface area (Å²) in [5, 5.41) is 43.4. The molecule has 18 aromatic carbocycles. The third-order valence-electron chi connectivity index (χ3n) is 26.9. The van der Waals surface area contributed by atoms with Gasteiger partial charge in [-0.1, -0.05) is 334 Å². The molecule has 0 aliphatic carbocycles. The van der Waals surface area contributed by atoms with Crippen LogP contribution in [0.4, 0.5) is 0 Å². The Bertz CT molecular complexity index is 9040. The second-order valence-corrected chi connectivity index (χ2v) is 34.6. The van der Waals surface area contributed by atoms with Crippen LogP contribution in [-0.2, 0) is 0 Å². The number of pyridine rings is 3. The summed E-state index contributed by atoms with van der Waals surface area (Å²) in [4.78, 5) is 16.4. The Morgan fingerprint density at radius 2 is 0.348 bits per heavy atom. The highest BCUT2D eigenvalue weighted by atomic mass is 15.2. The zero-order chi connectivity index (χ0) is 91.8. The van der Waals surface area contributed by atoms with E-state index in [1.807, 2.05) is 72.8 Å². The van der Waals surface area contributed by atoms with E-state index in [9.17, 15) is 15.8 Å². The number of nitriles is 3. The fourth-order valence-electron chi connectivity index (χ4n) is 20.9. The molecule has 9 heterocycles. The van der Waals surface area contributed by atoms with E-state index in [0.29, 0.717) is 16.7 Å². The molecule has 9 aromatic heterocycles. The lowest BCUT2D eigenvalue weighted by molar-refractivity contribution is 1.01. The van der Waals surface area contributed by atoms with Gasteiger partial charge in [0.1, 0.15) is 34.9 Å². The Morgan fingerprint density at radius 1 is 0.145 bits per heavy atom. The van der Waals surface area contributed by atoms with Gasteiger partial charge in [-0.05, 0) is 201 Å². The van der Waals surface area contributed by atoms with Crippen LogP contribution in [0.3, 0.4) is 0 Å². The molecule has 0 saturated carbocycles. The molecule has 27 aromatic rings. The minimum absolute atomic E-state index is 0.638. The molecule has 138 heavy (non-hydrogen) atoms. The molecule has 12 nitrogen and oxygen atoms in total. The molecule has 0 aliphatic heterocycles. The average Bonchev–Trinajstić information content (AvgIpc) is 1.58. The molecular formula is C126H78N12. The number of nitrogens with zero attached hydrogens (tertiary/aromatic N) is 12. The zero-order valence-corrected chi connectivity index (χ0v) is 74.4. The van der Waals surface area contributed by atoms with Crippen molar-refractivity contribution in [2.24, 2.45) is 0 Å². The molecule has 0 N–H and O–H groups in total. The van der Waals surface area contributed by atoms with E-state index >= 15 is 0 Å². The number of hydrogen-bond donors (Lipinski definition) is 0. The standard InChI is InChI=1S/3C42H26N4/c43-27-28-12-11-13-29(24-28)31-14-1-2-15-32(31)30-25-41(45-37-20-7-3-16-33(37)34-17-4-8-21-38(34)45)44-42(26-30)46-39-22-9-5-18-35(39)36-19-6-10-23-40(36)46;43-27-28-21-23-29(24-22-28)31-11-1-2-12-32(31)30-25-41(45-37-17-7-3-13-33(37)34-14-4-8-18-38(34)45)44-42(26-30)46-39-19-9-5-15-35(39)36-16-6-10-20-40(36)46;43-27-28-13-1-2-14-30(28)32-16-4-3-15-31(32)29-25-41(45-37-21-9-5-17-33(37)34-18-6-10-22-38(34)45)44-42(26-29)46-39-23-11-7-19-35(39)36-20-8-12-24-40(36)46/h3*1-26H. The van der Waals surface area contributed by atoms with Gasteiger partial charge < -0.3 is 0 Å². The Hall–Kier alpha value is -19.3.